The van der Waals surface area contributed by atoms with Crippen molar-refractivity contribution in [2.24, 2.45) is 7.05 Å². The number of hydrogen-bond acceptors (Lipinski definition) is 4. The largest absolute Gasteiger partial charge is 0.327 e. The van der Waals surface area contributed by atoms with Gasteiger partial charge >= 0.3 is 0 Å². The summed E-state index contributed by atoms with van der Waals surface area (Å²) in [5.74, 6) is 0.0231. The first-order valence-corrected chi connectivity index (χ1v) is 9.76. The number of aromatic nitrogens is 3. The number of fused-ring (bicyclic) bond motifs is 1. The highest BCUT2D eigenvalue weighted by atomic mass is 35.5. The number of pyridine rings is 1. The minimum Gasteiger partial charge on any atom is -0.327 e. The molecule has 0 atom stereocenters. The van der Waals surface area contributed by atoms with E-state index in [1.165, 1.54) is 0 Å². The quantitative estimate of drug-likeness (QED) is 0.599. The van der Waals surface area contributed by atoms with E-state index in [9.17, 15) is 4.79 Å². The molecule has 0 bridgehead atoms. The van der Waals surface area contributed by atoms with Gasteiger partial charge in [-0.25, -0.2) is 9.97 Å². The van der Waals surface area contributed by atoms with Crippen molar-refractivity contribution in [1.29, 1.82) is 0 Å². The van der Waals surface area contributed by atoms with Crippen LogP contribution in [0.4, 0.5) is 5.69 Å². The van der Waals surface area contributed by atoms with Gasteiger partial charge in [0.05, 0.1) is 21.4 Å². The summed E-state index contributed by atoms with van der Waals surface area (Å²) >= 11 is 18.9. The Labute approximate surface area is 176 Å². The van der Waals surface area contributed by atoms with E-state index in [0.717, 1.165) is 24.4 Å². The van der Waals surface area contributed by atoms with Crippen molar-refractivity contribution in [3.05, 3.63) is 62.9 Å². The van der Waals surface area contributed by atoms with Gasteiger partial charge in [0.25, 0.3) is 5.91 Å². The zero-order valence-electron chi connectivity index (χ0n) is 14.9. The summed E-state index contributed by atoms with van der Waals surface area (Å²) in [5.41, 5.74) is 3.73. The van der Waals surface area contributed by atoms with Crippen LogP contribution in [0.3, 0.4) is 0 Å². The van der Waals surface area contributed by atoms with E-state index in [4.69, 9.17) is 34.8 Å². The maximum atomic E-state index is 12.8. The Balaban J connectivity index is 1.67. The Morgan fingerprint density at radius 1 is 1.18 bits per heavy atom. The van der Waals surface area contributed by atoms with E-state index in [1.807, 2.05) is 11.6 Å². The van der Waals surface area contributed by atoms with Gasteiger partial charge in [-0.3, -0.25) is 4.79 Å². The number of imidazole rings is 1. The van der Waals surface area contributed by atoms with Crippen LogP contribution >= 0.6 is 34.8 Å². The maximum Gasteiger partial charge on any atom is 0.291 e. The molecule has 0 saturated heterocycles. The lowest BCUT2D eigenvalue weighted by Gasteiger charge is -2.13. The van der Waals surface area contributed by atoms with Gasteiger partial charge < -0.3 is 15.2 Å². The molecule has 2 N–H and O–H groups in total. The minimum absolute atomic E-state index is 0.192. The smallest absolute Gasteiger partial charge is 0.291 e. The zero-order valence-corrected chi connectivity index (χ0v) is 17.2. The fourth-order valence-electron chi connectivity index (χ4n) is 3.30. The third kappa shape index (κ3) is 3.37. The minimum atomic E-state index is -0.324. The van der Waals surface area contributed by atoms with Crippen LogP contribution < -0.4 is 10.6 Å². The van der Waals surface area contributed by atoms with Crippen molar-refractivity contribution < 1.29 is 4.79 Å². The SMILES string of the molecule is Cn1c(C(=O)Nc2cccc(-c3ccnc(Cl)c3Cl)c2Cl)nc2c1CCNC2. The Hall–Kier alpha value is -2.12. The third-order valence-corrected chi connectivity index (χ3v) is 5.89. The molecule has 9 heteroatoms. The van der Waals surface area contributed by atoms with Crippen molar-refractivity contribution >= 4 is 46.4 Å². The second-order valence-corrected chi connectivity index (χ2v) is 7.51. The summed E-state index contributed by atoms with van der Waals surface area (Å²) in [7, 11) is 1.85. The van der Waals surface area contributed by atoms with Gasteiger partial charge in [-0.1, -0.05) is 46.9 Å². The molecule has 0 fully saturated rings. The molecular weight excluding hydrogens is 421 g/mol. The molecule has 0 saturated carbocycles. The number of amides is 1. The lowest BCUT2D eigenvalue weighted by Crippen LogP contribution is -2.24. The molecule has 6 nitrogen and oxygen atoms in total. The standard InChI is InChI=1S/C19H16Cl3N5O/c1-27-14-6-7-23-9-13(14)25-18(27)19(28)26-12-4-2-3-10(15(12)20)11-5-8-24-17(22)16(11)21/h2-5,8,23H,6-7,9H2,1H3,(H,26,28). The summed E-state index contributed by atoms with van der Waals surface area (Å²) in [4.78, 5) is 21.3. The summed E-state index contributed by atoms with van der Waals surface area (Å²) in [6.07, 6.45) is 2.39. The predicted octanol–water partition coefficient (Wildman–Crippen LogP) is 4.34. The third-order valence-electron chi connectivity index (χ3n) is 4.71. The van der Waals surface area contributed by atoms with Gasteiger partial charge in [-0.05, 0) is 12.1 Å². The first-order valence-electron chi connectivity index (χ1n) is 8.62. The van der Waals surface area contributed by atoms with E-state index in [1.54, 1.807) is 30.5 Å². The Bertz CT molecular complexity index is 1080. The molecule has 0 unspecified atom stereocenters. The van der Waals surface area contributed by atoms with Crippen molar-refractivity contribution in [3.63, 3.8) is 0 Å². The van der Waals surface area contributed by atoms with E-state index >= 15 is 0 Å². The number of anilines is 1. The van der Waals surface area contributed by atoms with Crippen LogP contribution in [0.15, 0.2) is 30.5 Å². The van der Waals surface area contributed by atoms with Crippen LogP contribution in [0.25, 0.3) is 11.1 Å². The molecule has 4 rings (SSSR count). The van der Waals surface area contributed by atoms with E-state index in [2.05, 4.69) is 20.6 Å². The van der Waals surface area contributed by atoms with Gasteiger partial charge in [-0.2, -0.15) is 0 Å². The maximum absolute atomic E-state index is 12.8. The van der Waals surface area contributed by atoms with Crippen LogP contribution in [0.5, 0.6) is 0 Å². The van der Waals surface area contributed by atoms with Gasteiger partial charge in [-0.15, -0.1) is 0 Å². The normalized spacial score (nSPS) is 13.3. The van der Waals surface area contributed by atoms with Crippen LogP contribution in [0.2, 0.25) is 15.2 Å². The van der Waals surface area contributed by atoms with Crippen LogP contribution in [-0.4, -0.2) is 27.0 Å². The number of rotatable bonds is 3. The Kier molecular flexibility index (Phi) is 5.29. The zero-order chi connectivity index (χ0) is 19.8. The number of carbonyl (C=O) groups is 1. The summed E-state index contributed by atoms with van der Waals surface area (Å²) in [5, 5.41) is 6.97. The number of hydrogen-bond donors (Lipinski definition) is 2. The van der Waals surface area contributed by atoms with E-state index in [-0.39, 0.29) is 11.1 Å². The molecule has 2 aromatic heterocycles. The van der Waals surface area contributed by atoms with E-state index in [0.29, 0.717) is 39.2 Å². The summed E-state index contributed by atoms with van der Waals surface area (Å²) in [6, 6.07) is 7.04. The molecule has 0 aliphatic carbocycles. The Morgan fingerprint density at radius 3 is 2.75 bits per heavy atom. The number of nitrogens with zero attached hydrogens (tertiary/aromatic N) is 3. The highest BCUT2D eigenvalue weighted by Gasteiger charge is 2.23. The fraction of sp³-hybridized carbons (Fsp3) is 0.211. The average Bonchev–Trinajstić information content (AvgIpc) is 3.03. The number of halogens is 3. The van der Waals surface area contributed by atoms with Crippen molar-refractivity contribution in [1.82, 2.24) is 19.9 Å². The highest BCUT2D eigenvalue weighted by molar-refractivity contribution is 6.44. The average molecular weight is 437 g/mol. The molecule has 1 aliphatic heterocycles. The number of carbonyl (C=O) groups excluding carboxylic acids is 1. The molecule has 0 radical (unpaired) electrons. The molecule has 1 aromatic carbocycles. The summed E-state index contributed by atoms with van der Waals surface area (Å²) in [6.45, 7) is 1.53. The first-order chi connectivity index (χ1) is 13.5. The highest BCUT2D eigenvalue weighted by Crippen LogP contribution is 2.39. The van der Waals surface area contributed by atoms with Gasteiger partial charge in [0.1, 0.15) is 5.15 Å². The number of nitrogens with one attached hydrogen (secondary N) is 2. The first kappa shape index (κ1) is 19.2. The fourth-order valence-corrected chi connectivity index (χ4v) is 3.95. The second-order valence-electron chi connectivity index (χ2n) is 6.40. The second kappa shape index (κ2) is 7.72. The lowest BCUT2D eigenvalue weighted by molar-refractivity contribution is 0.101. The molecule has 1 amide bonds. The topological polar surface area (TPSA) is 71.8 Å². The van der Waals surface area contributed by atoms with Crippen molar-refractivity contribution in [2.45, 2.75) is 13.0 Å². The molecular formula is C19H16Cl3N5O. The molecule has 1 aliphatic rings. The molecule has 3 heterocycles. The summed E-state index contributed by atoms with van der Waals surface area (Å²) < 4.78 is 1.84. The van der Waals surface area contributed by atoms with Crippen LogP contribution in [0, 0.1) is 0 Å². The van der Waals surface area contributed by atoms with Gasteiger partial charge in [0.2, 0.25) is 0 Å². The monoisotopic (exact) mass is 435 g/mol. The van der Waals surface area contributed by atoms with Crippen molar-refractivity contribution in [2.75, 3.05) is 11.9 Å². The molecule has 28 heavy (non-hydrogen) atoms. The molecule has 0 spiro atoms. The predicted molar refractivity (Wildman–Crippen MR) is 111 cm³/mol. The van der Waals surface area contributed by atoms with Gasteiger partial charge in [0, 0.05) is 49.6 Å². The lowest BCUT2D eigenvalue weighted by atomic mass is 10.1. The van der Waals surface area contributed by atoms with Crippen molar-refractivity contribution in [3.8, 4) is 11.1 Å². The molecule has 3 aromatic rings. The van der Waals surface area contributed by atoms with Crippen LogP contribution in [0.1, 0.15) is 22.0 Å². The Morgan fingerprint density at radius 2 is 1.96 bits per heavy atom. The van der Waals surface area contributed by atoms with Crippen LogP contribution in [-0.2, 0) is 20.0 Å². The van der Waals surface area contributed by atoms with Gasteiger partial charge in [0.15, 0.2) is 5.82 Å². The van der Waals surface area contributed by atoms with E-state index < -0.39 is 0 Å². The molecule has 144 valence electrons. The number of benzene rings is 1.